The van der Waals surface area contributed by atoms with Crippen molar-refractivity contribution in [1.29, 1.82) is 0 Å². The molecule has 1 aromatic heterocycles. The quantitative estimate of drug-likeness (QED) is 0.268. The van der Waals surface area contributed by atoms with Crippen LogP contribution in [-0.2, 0) is 0 Å². The van der Waals surface area contributed by atoms with Crippen molar-refractivity contribution in [2.75, 3.05) is 0 Å². The van der Waals surface area contributed by atoms with Gasteiger partial charge >= 0.3 is 0 Å². The molecular weight excluding hydrogens is 398 g/mol. The second-order valence-electron chi connectivity index (χ2n) is 8.76. The largest absolute Gasteiger partial charge is 0.309 e. The topological polar surface area (TPSA) is 4.93 Å². The molecule has 0 unspecified atom stereocenters. The first-order valence-electron chi connectivity index (χ1n) is 11.5. The average molecular weight is 424 g/mol. The van der Waals surface area contributed by atoms with Gasteiger partial charge in [-0.15, -0.1) is 0 Å². The lowest BCUT2D eigenvalue weighted by molar-refractivity contribution is 1.18. The van der Waals surface area contributed by atoms with Gasteiger partial charge in [-0.2, -0.15) is 0 Å². The minimum absolute atomic E-state index is 1.19. The zero-order valence-electron chi connectivity index (χ0n) is 18.9. The van der Waals surface area contributed by atoms with E-state index >= 15 is 0 Å². The monoisotopic (exact) mass is 423 g/mol. The Balaban J connectivity index is 1.52. The average Bonchev–Trinajstić information content (AvgIpc) is 3.19. The minimum Gasteiger partial charge on any atom is -0.309 e. The summed E-state index contributed by atoms with van der Waals surface area (Å²) < 4.78 is 2.36. The molecule has 1 nitrogen and oxygen atoms in total. The highest BCUT2D eigenvalue weighted by Gasteiger charge is 2.13. The lowest BCUT2D eigenvalue weighted by Gasteiger charge is -2.12. The highest BCUT2D eigenvalue weighted by atomic mass is 15.0. The Morgan fingerprint density at radius 1 is 0.455 bits per heavy atom. The Hall–Kier alpha value is -4.10. The second-order valence-corrected chi connectivity index (χ2v) is 8.76. The summed E-state index contributed by atoms with van der Waals surface area (Å²) in [5.41, 5.74) is 11.4. The normalized spacial score (nSPS) is 11.3. The van der Waals surface area contributed by atoms with E-state index in [9.17, 15) is 0 Å². The zero-order valence-corrected chi connectivity index (χ0v) is 18.9. The van der Waals surface area contributed by atoms with Crippen LogP contribution in [0.5, 0.6) is 0 Å². The van der Waals surface area contributed by atoms with E-state index in [1.807, 2.05) is 0 Å². The SMILES string of the molecule is Cc1ccccc1-c1ccc(-c2ccc3c(c2)c2ccccc2n3-c2ccccc2)cc1C. The zero-order chi connectivity index (χ0) is 22.4. The van der Waals surface area contributed by atoms with Gasteiger partial charge in [0.05, 0.1) is 11.0 Å². The summed E-state index contributed by atoms with van der Waals surface area (Å²) in [5.74, 6) is 0. The molecule has 33 heavy (non-hydrogen) atoms. The number of nitrogens with zero attached hydrogens (tertiary/aromatic N) is 1. The summed E-state index contributed by atoms with van der Waals surface area (Å²) in [5, 5.41) is 2.57. The molecule has 0 aliphatic heterocycles. The third-order valence-corrected chi connectivity index (χ3v) is 6.68. The second kappa shape index (κ2) is 7.79. The third-order valence-electron chi connectivity index (χ3n) is 6.68. The van der Waals surface area contributed by atoms with Gasteiger partial charge in [0.1, 0.15) is 0 Å². The molecule has 0 amide bonds. The van der Waals surface area contributed by atoms with Crippen molar-refractivity contribution in [3.05, 3.63) is 126 Å². The maximum absolute atomic E-state index is 2.36. The Labute approximate surface area is 194 Å². The van der Waals surface area contributed by atoms with Crippen molar-refractivity contribution >= 4 is 21.8 Å². The van der Waals surface area contributed by atoms with E-state index in [0.29, 0.717) is 0 Å². The molecule has 1 heteroatoms. The maximum atomic E-state index is 2.36. The molecule has 0 aliphatic rings. The van der Waals surface area contributed by atoms with Gasteiger partial charge in [-0.1, -0.05) is 84.9 Å². The number of hydrogen-bond donors (Lipinski definition) is 0. The van der Waals surface area contributed by atoms with Crippen LogP contribution in [0.2, 0.25) is 0 Å². The van der Waals surface area contributed by atoms with Crippen LogP contribution in [0.1, 0.15) is 11.1 Å². The van der Waals surface area contributed by atoms with Crippen LogP contribution in [0.15, 0.2) is 115 Å². The van der Waals surface area contributed by atoms with Crippen molar-refractivity contribution in [3.63, 3.8) is 0 Å². The first kappa shape index (κ1) is 19.6. The molecule has 0 spiro atoms. The fourth-order valence-corrected chi connectivity index (χ4v) is 5.03. The van der Waals surface area contributed by atoms with E-state index in [2.05, 4.69) is 134 Å². The summed E-state index contributed by atoms with van der Waals surface area (Å²) in [6.45, 7) is 4.39. The molecule has 0 fully saturated rings. The molecule has 0 radical (unpaired) electrons. The third kappa shape index (κ3) is 3.25. The van der Waals surface area contributed by atoms with Gasteiger partial charge in [0.25, 0.3) is 0 Å². The molecule has 1 heterocycles. The molecule has 6 rings (SSSR count). The van der Waals surface area contributed by atoms with Crippen LogP contribution >= 0.6 is 0 Å². The summed E-state index contributed by atoms with van der Waals surface area (Å²) in [6.07, 6.45) is 0. The van der Waals surface area contributed by atoms with E-state index < -0.39 is 0 Å². The van der Waals surface area contributed by atoms with Crippen LogP contribution < -0.4 is 0 Å². The molecule has 158 valence electrons. The smallest absolute Gasteiger partial charge is 0.0541 e. The number of fused-ring (bicyclic) bond motifs is 3. The van der Waals surface area contributed by atoms with Gasteiger partial charge in [-0.25, -0.2) is 0 Å². The molecule has 6 aromatic rings. The van der Waals surface area contributed by atoms with E-state index in [1.165, 1.54) is 60.9 Å². The van der Waals surface area contributed by atoms with E-state index in [4.69, 9.17) is 0 Å². The van der Waals surface area contributed by atoms with Gasteiger partial charge in [-0.05, 0) is 77.6 Å². The number of aryl methyl sites for hydroxylation is 2. The van der Waals surface area contributed by atoms with Gasteiger partial charge in [0.2, 0.25) is 0 Å². The van der Waals surface area contributed by atoms with Gasteiger partial charge in [0.15, 0.2) is 0 Å². The first-order chi connectivity index (χ1) is 16.2. The van der Waals surface area contributed by atoms with E-state index in [-0.39, 0.29) is 0 Å². The molecule has 0 N–H and O–H groups in total. The van der Waals surface area contributed by atoms with Crippen molar-refractivity contribution in [1.82, 2.24) is 4.57 Å². The fourth-order valence-electron chi connectivity index (χ4n) is 5.03. The summed E-state index contributed by atoms with van der Waals surface area (Å²) >= 11 is 0. The van der Waals surface area contributed by atoms with Crippen LogP contribution in [0.4, 0.5) is 0 Å². The lowest BCUT2D eigenvalue weighted by atomic mass is 9.93. The summed E-state index contributed by atoms with van der Waals surface area (Å²) in [7, 11) is 0. The van der Waals surface area contributed by atoms with Crippen molar-refractivity contribution in [2.24, 2.45) is 0 Å². The molecule has 0 saturated carbocycles. The van der Waals surface area contributed by atoms with Gasteiger partial charge in [0, 0.05) is 16.5 Å². The molecule has 0 saturated heterocycles. The highest BCUT2D eigenvalue weighted by molar-refractivity contribution is 6.10. The van der Waals surface area contributed by atoms with E-state index in [1.54, 1.807) is 0 Å². The molecule has 0 bridgehead atoms. The maximum Gasteiger partial charge on any atom is 0.0541 e. The van der Waals surface area contributed by atoms with Gasteiger partial charge < -0.3 is 4.57 Å². The Bertz CT molecular complexity index is 1620. The standard InChI is InChI=1S/C32H25N/c1-22-10-6-7-13-27(22)28-18-16-24(20-23(28)2)25-17-19-32-30(21-25)29-14-8-9-15-31(29)33(32)26-11-4-3-5-12-26/h3-21H,1-2H3. The van der Waals surface area contributed by atoms with Crippen LogP contribution in [-0.4, -0.2) is 4.57 Å². The lowest BCUT2D eigenvalue weighted by Crippen LogP contribution is -1.93. The minimum atomic E-state index is 1.19. The molecule has 5 aromatic carbocycles. The highest BCUT2D eigenvalue weighted by Crippen LogP contribution is 2.36. The predicted molar refractivity (Wildman–Crippen MR) is 141 cm³/mol. The molecular formula is C32H25N. The number of para-hydroxylation sites is 2. The molecule has 0 aliphatic carbocycles. The van der Waals surface area contributed by atoms with Crippen LogP contribution in [0, 0.1) is 13.8 Å². The number of benzene rings is 5. The Kier molecular flexibility index (Phi) is 4.62. The van der Waals surface area contributed by atoms with Crippen molar-refractivity contribution in [2.45, 2.75) is 13.8 Å². The summed E-state index contributed by atoms with van der Waals surface area (Å²) in [6, 6.07) is 41.6. The van der Waals surface area contributed by atoms with Crippen molar-refractivity contribution in [3.8, 4) is 27.9 Å². The first-order valence-corrected chi connectivity index (χ1v) is 11.5. The van der Waals surface area contributed by atoms with Crippen LogP contribution in [0.25, 0.3) is 49.7 Å². The number of hydrogen-bond acceptors (Lipinski definition) is 0. The predicted octanol–water partition coefficient (Wildman–Crippen LogP) is 8.73. The number of rotatable bonds is 3. The van der Waals surface area contributed by atoms with Crippen molar-refractivity contribution < 1.29 is 0 Å². The fraction of sp³-hybridized carbons (Fsp3) is 0.0625. The van der Waals surface area contributed by atoms with Crippen LogP contribution in [0.3, 0.4) is 0 Å². The summed E-state index contributed by atoms with van der Waals surface area (Å²) in [4.78, 5) is 0. The number of aromatic nitrogens is 1. The molecule has 0 atom stereocenters. The Morgan fingerprint density at radius 2 is 1.09 bits per heavy atom. The Morgan fingerprint density at radius 3 is 1.91 bits per heavy atom. The van der Waals surface area contributed by atoms with Gasteiger partial charge in [-0.3, -0.25) is 0 Å². The van der Waals surface area contributed by atoms with E-state index in [0.717, 1.165) is 0 Å².